The summed E-state index contributed by atoms with van der Waals surface area (Å²) < 4.78 is 220. The normalized spacial score (nSPS) is 16.0. The highest BCUT2D eigenvalue weighted by Gasteiger charge is 2.46. The van der Waals surface area contributed by atoms with E-state index in [-0.39, 0.29) is 98.9 Å². The van der Waals surface area contributed by atoms with E-state index in [2.05, 4.69) is 165 Å². The molecule has 7 heterocycles. The number of rotatable bonds is 7. The molecule has 0 aliphatic carbocycles. The molecule has 550 valence electrons. The highest BCUT2D eigenvalue weighted by Crippen LogP contribution is 2.53. The predicted molar refractivity (Wildman–Crippen MR) is 484 cm³/mol. The van der Waals surface area contributed by atoms with Crippen LogP contribution >= 0.6 is 0 Å². The Balaban J connectivity index is 0.916. The van der Waals surface area contributed by atoms with E-state index in [4.69, 9.17) is 15.7 Å². The van der Waals surface area contributed by atoms with E-state index < -0.39 is 134 Å². The Morgan fingerprint density at radius 3 is 1.03 bits per heavy atom. The van der Waals surface area contributed by atoms with Crippen LogP contribution in [0, 0.1) is 0 Å². The van der Waals surface area contributed by atoms with Crippen LogP contribution in [0.2, 0.25) is 0 Å². The predicted octanol–water partition coefficient (Wildman–Crippen LogP) is 27.4. The first-order valence-electron chi connectivity index (χ1n) is 49.1. The van der Waals surface area contributed by atoms with Crippen molar-refractivity contribution in [1.82, 2.24) is 13.7 Å². The molecule has 22 rings (SSSR count). The van der Waals surface area contributed by atoms with E-state index in [0.717, 1.165) is 66.3 Å². The molecule has 114 heavy (non-hydrogen) atoms. The Morgan fingerprint density at radius 1 is 0.254 bits per heavy atom. The third-order valence-electron chi connectivity index (χ3n) is 23.6. The van der Waals surface area contributed by atoms with Crippen LogP contribution in [0.4, 0.5) is 34.1 Å². The molecule has 2 aliphatic heterocycles. The molecule has 8 heteroatoms. The van der Waals surface area contributed by atoms with Gasteiger partial charge in [-0.25, -0.2) is 0 Å². The standard InChI is InChI=1S/C106H86BN5O2/c1-103(2,3)67-48-52-88-80(59-67)81-60-68(104(4,5)6)49-53-89(81)110(88)91-43-25-35-77-79-37-26-44-92(101(79)114-100(77)91)111-94-56-64(63-28-14-13-15-29-63)46-50-82(94)107-83-51-47-65(66-54-69(105(7,8)9)58-70(55-66)106(10,11)12)57-95(83)112(97-62-71(61-96(111)98(97)107)108-84-38-20-16-30-72(84)73-31-17-21-39-85(73)108)93-45-27-36-78-76-34-24-42-90(99(76)113-102(78)93)109-86-40-22-18-32-74(86)75-33-19-23-41-87(75)109/h13-62H,1-12H3/i13D,14D,15D,16D,17D,18D,19D,20D,21D,22D,23D,28D,29D,30D,31D,32D,33D,38D,39D,40D,41D. The van der Waals surface area contributed by atoms with Crippen molar-refractivity contribution >= 4 is 167 Å². The van der Waals surface area contributed by atoms with Gasteiger partial charge in [0.15, 0.2) is 22.3 Å². The van der Waals surface area contributed by atoms with Crippen LogP contribution in [-0.2, 0) is 21.7 Å². The number of nitrogens with zero attached hydrogens (tertiary/aromatic N) is 5. The summed E-state index contributed by atoms with van der Waals surface area (Å²) in [4.78, 5) is 4.07. The third-order valence-corrected chi connectivity index (χ3v) is 23.6. The minimum absolute atomic E-state index is 0.0967. The molecule has 0 saturated carbocycles. The number of furan rings is 2. The lowest BCUT2D eigenvalue weighted by Gasteiger charge is -2.44. The molecule has 0 bridgehead atoms. The van der Waals surface area contributed by atoms with E-state index in [1.165, 1.54) is 9.13 Å². The summed E-state index contributed by atoms with van der Waals surface area (Å²) in [5.74, 6) is 0. The Kier molecular flexibility index (Phi) is 10.5. The first kappa shape index (κ1) is 49.4. The fraction of sp³-hybridized carbons (Fsp3) is 0.151. The van der Waals surface area contributed by atoms with Crippen LogP contribution in [0.15, 0.2) is 312 Å². The van der Waals surface area contributed by atoms with Crippen molar-refractivity contribution in [3.05, 3.63) is 325 Å². The fourth-order valence-electron chi connectivity index (χ4n) is 17.9. The van der Waals surface area contributed by atoms with Gasteiger partial charge in [-0.2, -0.15) is 0 Å². The van der Waals surface area contributed by atoms with E-state index in [1.807, 2.05) is 89.8 Å². The van der Waals surface area contributed by atoms with Gasteiger partial charge in [-0.3, -0.25) is 0 Å². The van der Waals surface area contributed by atoms with Gasteiger partial charge in [0.1, 0.15) is 0 Å². The average molecular weight is 1490 g/mol. The first-order chi connectivity index (χ1) is 63.8. The lowest BCUT2D eigenvalue weighted by molar-refractivity contribution is 0.569. The summed E-state index contributed by atoms with van der Waals surface area (Å²) in [5.41, 5.74) is 12.9. The van der Waals surface area contributed by atoms with E-state index in [1.54, 1.807) is 18.2 Å². The molecule has 0 amide bonds. The Labute approximate surface area is 693 Å². The second-order valence-electron chi connectivity index (χ2n) is 34.5. The van der Waals surface area contributed by atoms with Crippen LogP contribution in [0.25, 0.3) is 149 Å². The Hall–Kier alpha value is -13.0. The molecular weight excluding hydrogens is 1390 g/mol. The highest BCUT2D eigenvalue weighted by atomic mass is 16.3. The summed E-state index contributed by atoms with van der Waals surface area (Å²) in [6.45, 7) is 25.3. The molecule has 7 nitrogen and oxygen atoms in total. The van der Waals surface area contributed by atoms with Gasteiger partial charge >= 0.3 is 0 Å². The van der Waals surface area contributed by atoms with Crippen molar-refractivity contribution in [1.29, 1.82) is 0 Å². The fourth-order valence-corrected chi connectivity index (χ4v) is 17.9. The number of fused-ring (bicyclic) bond motifs is 19. The molecule has 0 saturated heterocycles. The molecule has 0 unspecified atom stereocenters. The lowest BCUT2D eigenvalue weighted by atomic mass is 9.33. The van der Waals surface area contributed by atoms with Crippen molar-refractivity contribution in [3.8, 4) is 39.3 Å². The molecule has 20 aromatic rings. The summed E-state index contributed by atoms with van der Waals surface area (Å²) in [5, 5.41) is 3.82. The summed E-state index contributed by atoms with van der Waals surface area (Å²) in [6.07, 6.45) is 0. The van der Waals surface area contributed by atoms with Crippen LogP contribution in [-0.4, -0.2) is 20.4 Å². The topological polar surface area (TPSA) is 47.6 Å². The highest BCUT2D eigenvalue weighted by molar-refractivity contribution is 7.00. The monoisotopic (exact) mass is 1490 g/mol. The van der Waals surface area contributed by atoms with Gasteiger partial charge in [0, 0.05) is 76.6 Å². The number of aromatic nitrogens is 3. The summed E-state index contributed by atoms with van der Waals surface area (Å²) >= 11 is 0. The van der Waals surface area contributed by atoms with Crippen molar-refractivity contribution in [2.75, 3.05) is 9.80 Å². The maximum absolute atomic E-state index is 10.2. The van der Waals surface area contributed by atoms with Gasteiger partial charge in [0.05, 0.1) is 90.3 Å². The van der Waals surface area contributed by atoms with Gasteiger partial charge in [-0.1, -0.05) is 289 Å². The SMILES string of the molecule is [2H]c1c([2H])c([2H])c(-c2ccc3c(c2)N(c2cccc4c2oc2c(-n5c6ccc(C(C)(C)C)cc6c6cc(C(C)(C)C)ccc65)cccc24)c2cc(-n4c5c([2H])c([2H])c([2H])c([2H])c5c5c([2H])c([2H])c([2H])c([2H])c54)cc4c2B3c2ccc(-c3cc(C(C)(C)C)cc(C(C)(C)C)c3)cc2N4c2cccc3c2oc2c(-n4c5c([2H])c([2H])c([2H])c([2H])c5c5c([2H])c([2H])c([2H])c([2H])c54)cccc23)c([2H])c1[2H]. The zero-order chi connectivity index (χ0) is 95.6. The van der Waals surface area contributed by atoms with Crippen LogP contribution < -0.4 is 26.2 Å². The second kappa shape index (κ2) is 24.2. The maximum Gasteiger partial charge on any atom is 0.252 e. The van der Waals surface area contributed by atoms with Gasteiger partial charge in [-0.15, -0.1) is 0 Å². The van der Waals surface area contributed by atoms with Crippen LogP contribution in [0.5, 0.6) is 0 Å². The lowest BCUT2D eigenvalue weighted by Crippen LogP contribution is -2.61. The molecule has 0 spiro atoms. The molecule has 15 aromatic carbocycles. The van der Waals surface area contributed by atoms with Gasteiger partial charge in [0.2, 0.25) is 0 Å². The molecule has 0 radical (unpaired) electrons. The van der Waals surface area contributed by atoms with Gasteiger partial charge in [-0.05, 0) is 180 Å². The summed E-state index contributed by atoms with van der Waals surface area (Å²) in [6, 6.07) is 46.1. The van der Waals surface area contributed by atoms with Crippen molar-refractivity contribution in [2.45, 2.75) is 105 Å². The minimum Gasteiger partial charge on any atom is -0.452 e. The largest absolute Gasteiger partial charge is 0.452 e. The van der Waals surface area contributed by atoms with E-state index in [9.17, 15) is 21.9 Å². The molecule has 5 aromatic heterocycles. The third kappa shape index (κ3) is 10.1. The zero-order valence-electron chi connectivity index (χ0n) is 85.9. The Bertz CT molecular complexity index is 8570. The number of anilines is 6. The van der Waals surface area contributed by atoms with Crippen molar-refractivity contribution in [2.24, 2.45) is 0 Å². The first-order valence-corrected chi connectivity index (χ1v) is 38.6. The molecule has 2 aliphatic rings. The molecule has 0 atom stereocenters. The average Bonchev–Trinajstić information content (AvgIpc) is 1.57. The number of benzene rings is 15. The van der Waals surface area contributed by atoms with Crippen LogP contribution in [0.3, 0.4) is 0 Å². The number of hydrogen-bond donors (Lipinski definition) is 0. The molecule has 0 N–H and O–H groups in total. The van der Waals surface area contributed by atoms with Crippen molar-refractivity contribution in [3.63, 3.8) is 0 Å². The zero-order valence-corrected chi connectivity index (χ0v) is 64.9. The van der Waals surface area contributed by atoms with Crippen LogP contribution in [0.1, 0.15) is 134 Å². The quantitative estimate of drug-likeness (QED) is 0.149. The summed E-state index contributed by atoms with van der Waals surface area (Å²) in [7, 11) is 0. The van der Waals surface area contributed by atoms with E-state index >= 15 is 0 Å². The number of para-hydroxylation sites is 8. The van der Waals surface area contributed by atoms with E-state index in [0.29, 0.717) is 77.8 Å². The van der Waals surface area contributed by atoms with Gasteiger partial charge in [0.25, 0.3) is 6.71 Å². The minimum atomic E-state index is -0.881. The molecular formula is C106H86BN5O2. The Morgan fingerprint density at radius 2 is 0.614 bits per heavy atom. The van der Waals surface area contributed by atoms with Gasteiger partial charge < -0.3 is 32.3 Å². The maximum atomic E-state index is 10.2. The second-order valence-corrected chi connectivity index (χ2v) is 34.5. The number of hydrogen-bond acceptors (Lipinski definition) is 4. The van der Waals surface area contributed by atoms with Crippen molar-refractivity contribution < 1.29 is 37.6 Å². The smallest absolute Gasteiger partial charge is 0.252 e. The molecule has 0 fully saturated rings.